The monoisotopic (exact) mass is 228 g/mol. The number of nitrogens with zero attached hydrogens (tertiary/aromatic N) is 2. The number of para-hydroxylation sites is 1. The van der Waals surface area contributed by atoms with E-state index in [1.54, 1.807) is 19.1 Å². The smallest absolute Gasteiger partial charge is 0.264 e. The maximum atomic E-state index is 12.2. The van der Waals surface area contributed by atoms with Gasteiger partial charge in [-0.25, -0.2) is 4.98 Å². The SMILES string of the molecule is Cc1cccc2c1ncn2C(=O)C(F)(F)F. The summed E-state index contributed by atoms with van der Waals surface area (Å²) in [6, 6.07) is 4.73. The predicted octanol–water partition coefficient (Wildman–Crippen LogP) is 2.55. The second kappa shape index (κ2) is 3.33. The second-order valence-electron chi connectivity index (χ2n) is 3.36. The molecule has 84 valence electrons. The number of halogens is 3. The lowest BCUT2D eigenvalue weighted by Crippen LogP contribution is -2.28. The Morgan fingerprint density at radius 1 is 1.38 bits per heavy atom. The summed E-state index contributed by atoms with van der Waals surface area (Å²) in [5.74, 6) is -1.93. The Morgan fingerprint density at radius 2 is 2.06 bits per heavy atom. The minimum Gasteiger partial charge on any atom is -0.264 e. The molecule has 1 heterocycles. The minimum absolute atomic E-state index is 0.169. The molecule has 0 saturated heterocycles. The Hall–Kier alpha value is -1.85. The topological polar surface area (TPSA) is 34.9 Å². The van der Waals surface area contributed by atoms with Crippen LogP contribution in [0.5, 0.6) is 0 Å². The number of alkyl halides is 3. The summed E-state index contributed by atoms with van der Waals surface area (Å²) in [6.07, 6.45) is -4.00. The van der Waals surface area contributed by atoms with E-state index in [4.69, 9.17) is 0 Å². The number of hydrogen-bond donors (Lipinski definition) is 0. The van der Waals surface area contributed by atoms with Crippen LogP contribution in [-0.2, 0) is 0 Å². The first-order valence-electron chi connectivity index (χ1n) is 4.45. The second-order valence-corrected chi connectivity index (χ2v) is 3.36. The lowest BCUT2D eigenvalue weighted by Gasteiger charge is -2.06. The molecule has 0 unspecified atom stereocenters. The molecule has 0 amide bonds. The molecule has 1 aromatic carbocycles. The van der Waals surface area contributed by atoms with Gasteiger partial charge in [-0.05, 0) is 18.6 Å². The van der Waals surface area contributed by atoms with E-state index in [2.05, 4.69) is 4.98 Å². The van der Waals surface area contributed by atoms with Crippen LogP contribution < -0.4 is 0 Å². The summed E-state index contributed by atoms with van der Waals surface area (Å²) in [4.78, 5) is 14.8. The number of imidazole rings is 1. The van der Waals surface area contributed by atoms with Crippen LogP contribution in [0.3, 0.4) is 0 Å². The molecule has 0 atom stereocenters. The molecule has 0 saturated carbocycles. The zero-order valence-electron chi connectivity index (χ0n) is 8.25. The van der Waals surface area contributed by atoms with Gasteiger partial charge in [0, 0.05) is 0 Å². The summed E-state index contributed by atoms with van der Waals surface area (Å²) >= 11 is 0. The van der Waals surface area contributed by atoms with Crippen molar-refractivity contribution in [2.45, 2.75) is 13.1 Å². The van der Waals surface area contributed by atoms with Gasteiger partial charge in [-0.2, -0.15) is 13.2 Å². The Kier molecular flexibility index (Phi) is 2.22. The molecular formula is C10H7F3N2O. The molecular weight excluding hydrogens is 221 g/mol. The molecule has 0 bridgehead atoms. The Labute approximate surface area is 88.5 Å². The van der Waals surface area contributed by atoms with E-state index in [9.17, 15) is 18.0 Å². The van der Waals surface area contributed by atoms with Gasteiger partial charge in [0.1, 0.15) is 6.33 Å². The van der Waals surface area contributed by atoms with Gasteiger partial charge < -0.3 is 0 Å². The number of rotatable bonds is 0. The molecule has 0 aliphatic rings. The van der Waals surface area contributed by atoms with Gasteiger partial charge in [-0.3, -0.25) is 9.36 Å². The van der Waals surface area contributed by atoms with Crippen molar-refractivity contribution in [3.05, 3.63) is 30.1 Å². The molecule has 3 nitrogen and oxygen atoms in total. The summed E-state index contributed by atoms with van der Waals surface area (Å²) < 4.78 is 37.2. The van der Waals surface area contributed by atoms with Crippen LogP contribution in [0, 0.1) is 6.92 Å². The van der Waals surface area contributed by atoms with Crippen molar-refractivity contribution in [2.24, 2.45) is 0 Å². The highest BCUT2D eigenvalue weighted by Gasteiger charge is 2.40. The molecule has 0 N–H and O–H groups in total. The number of hydrogen-bond acceptors (Lipinski definition) is 2. The first kappa shape index (κ1) is 10.7. The fraction of sp³-hybridized carbons (Fsp3) is 0.200. The van der Waals surface area contributed by atoms with Crippen molar-refractivity contribution in [2.75, 3.05) is 0 Å². The Bertz CT molecular complexity index is 557. The number of aromatic nitrogens is 2. The lowest BCUT2D eigenvalue weighted by atomic mass is 10.2. The van der Waals surface area contributed by atoms with Gasteiger partial charge in [0.2, 0.25) is 0 Å². The van der Waals surface area contributed by atoms with E-state index in [-0.39, 0.29) is 5.52 Å². The van der Waals surface area contributed by atoms with E-state index < -0.39 is 12.1 Å². The average molecular weight is 228 g/mol. The molecule has 0 radical (unpaired) electrons. The number of benzene rings is 1. The summed E-state index contributed by atoms with van der Waals surface area (Å²) in [5, 5.41) is 0. The van der Waals surface area contributed by atoms with E-state index in [0.717, 1.165) is 11.9 Å². The predicted molar refractivity (Wildman–Crippen MR) is 51.2 cm³/mol. The molecule has 6 heteroatoms. The van der Waals surface area contributed by atoms with Gasteiger partial charge in [-0.15, -0.1) is 0 Å². The molecule has 2 rings (SSSR count). The van der Waals surface area contributed by atoms with Crippen LogP contribution in [0.2, 0.25) is 0 Å². The van der Waals surface area contributed by atoms with Gasteiger partial charge in [0.05, 0.1) is 11.0 Å². The quantitative estimate of drug-likeness (QED) is 0.694. The van der Waals surface area contributed by atoms with E-state index in [1.165, 1.54) is 6.07 Å². The minimum atomic E-state index is -4.89. The summed E-state index contributed by atoms with van der Waals surface area (Å²) in [6.45, 7) is 1.72. The fourth-order valence-electron chi connectivity index (χ4n) is 1.48. The maximum Gasteiger partial charge on any atom is 0.472 e. The highest BCUT2D eigenvalue weighted by molar-refractivity contribution is 5.94. The summed E-state index contributed by atoms with van der Waals surface area (Å²) in [5.41, 5.74) is 1.30. The third kappa shape index (κ3) is 1.56. The van der Waals surface area contributed by atoms with E-state index in [0.29, 0.717) is 10.1 Å². The van der Waals surface area contributed by atoms with E-state index in [1.807, 2.05) is 0 Å². The molecule has 0 fully saturated rings. The lowest BCUT2D eigenvalue weighted by molar-refractivity contribution is -0.0943. The molecule has 0 spiro atoms. The van der Waals surface area contributed by atoms with Crippen LogP contribution in [0.1, 0.15) is 10.4 Å². The van der Waals surface area contributed by atoms with Crippen LogP contribution in [0.15, 0.2) is 24.5 Å². The maximum absolute atomic E-state index is 12.2. The zero-order valence-corrected chi connectivity index (χ0v) is 8.25. The van der Waals surface area contributed by atoms with Crippen molar-refractivity contribution >= 4 is 16.9 Å². The van der Waals surface area contributed by atoms with Crippen LogP contribution in [-0.4, -0.2) is 21.6 Å². The third-order valence-corrected chi connectivity index (χ3v) is 2.24. The van der Waals surface area contributed by atoms with Gasteiger partial charge >= 0.3 is 12.1 Å². The van der Waals surface area contributed by atoms with Crippen molar-refractivity contribution < 1.29 is 18.0 Å². The number of fused-ring (bicyclic) bond motifs is 1. The number of carbonyl (C=O) groups is 1. The van der Waals surface area contributed by atoms with Crippen LogP contribution in [0.4, 0.5) is 13.2 Å². The van der Waals surface area contributed by atoms with Crippen molar-refractivity contribution in [1.29, 1.82) is 0 Å². The highest BCUT2D eigenvalue weighted by Crippen LogP contribution is 2.22. The molecule has 1 aromatic heterocycles. The first-order chi connectivity index (χ1) is 7.41. The third-order valence-electron chi connectivity index (χ3n) is 2.24. The molecule has 16 heavy (non-hydrogen) atoms. The molecule has 0 aliphatic carbocycles. The number of carbonyl (C=O) groups excluding carboxylic acids is 1. The zero-order chi connectivity index (χ0) is 11.9. The average Bonchev–Trinajstić information content (AvgIpc) is 2.60. The first-order valence-corrected chi connectivity index (χ1v) is 4.45. The Balaban J connectivity index is 2.64. The van der Waals surface area contributed by atoms with Gasteiger partial charge in [0.25, 0.3) is 0 Å². The standard InChI is InChI=1S/C10H7F3N2O/c1-6-3-2-4-7-8(6)14-5-15(7)9(16)10(11,12)13/h2-5H,1H3. The molecule has 0 aliphatic heterocycles. The summed E-state index contributed by atoms with van der Waals surface area (Å²) in [7, 11) is 0. The largest absolute Gasteiger partial charge is 0.472 e. The highest BCUT2D eigenvalue weighted by atomic mass is 19.4. The van der Waals surface area contributed by atoms with Gasteiger partial charge in [-0.1, -0.05) is 12.1 Å². The Morgan fingerprint density at radius 3 is 2.69 bits per heavy atom. The van der Waals surface area contributed by atoms with Crippen molar-refractivity contribution in [3.63, 3.8) is 0 Å². The van der Waals surface area contributed by atoms with Crippen LogP contribution >= 0.6 is 0 Å². The fourth-order valence-corrected chi connectivity index (χ4v) is 1.48. The van der Waals surface area contributed by atoms with Crippen molar-refractivity contribution in [1.82, 2.24) is 9.55 Å². The normalized spacial score (nSPS) is 12.0. The molecule has 2 aromatic rings. The van der Waals surface area contributed by atoms with E-state index >= 15 is 0 Å². The van der Waals surface area contributed by atoms with Gasteiger partial charge in [0.15, 0.2) is 0 Å². The van der Waals surface area contributed by atoms with Crippen molar-refractivity contribution in [3.8, 4) is 0 Å². The number of aryl methyl sites for hydroxylation is 1. The van der Waals surface area contributed by atoms with Crippen LogP contribution in [0.25, 0.3) is 11.0 Å².